The molecule has 0 spiro atoms. The molecule has 0 heterocycles. The first kappa shape index (κ1) is 20.2. The number of likely N-dealkylation sites (N-methyl/N-ethyl adjacent to an activating group) is 1. The van der Waals surface area contributed by atoms with Gasteiger partial charge in [-0.15, -0.1) is 0 Å². The highest BCUT2D eigenvalue weighted by Gasteiger charge is 2.23. The van der Waals surface area contributed by atoms with E-state index in [4.69, 9.17) is 11.6 Å². The molecule has 2 rings (SSSR count). The summed E-state index contributed by atoms with van der Waals surface area (Å²) in [6, 6.07) is 9.41. The van der Waals surface area contributed by atoms with Crippen LogP contribution in [0.15, 0.2) is 47.4 Å². The molecule has 0 bridgehead atoms. The smallest absolute Gasteiger partial charge is 0.243 e. The summed E-state index contributed by atoms with van der Waals surface area (Å²) >= 11 is 6.15. The number of halogens is 2. The van der Waals surface area contributed by atoms with Crippen LogP contribution in [0.5, 0.6) is 0 Å². The summed E-state index contributed by atoms with van der Waals surface area (Å²) in [5, 5.41) is 3.06. The third-order valence-corrected chi connectivity index (χ3v) is 5.72. The monoisotopic (exact) mass is 399 g/mol. The van der Waals surface area contributed by atoms with Crippen molar-refractivity contribution in [3.05, 3.63) is 53.3 Å². The SMILES string of the molecule is CN(C)c1ccc(NC(=O)CN(C)S(=O)(=O)c2ccc(F)cc2)cc1Cl. The third-order valence-electron chi connectivity index (χ3n) is 3.60. The van der Waals surface area contributed by atoms with Crippen LogP contribution in [0, 0.1) is 5.82 Å². The molecule has 140 valence electrons. The van der Waals surface area contributed by atoms with E-state index in [0.29, 0.717) is 10.7 Å². The summed E-state index contributed by atoms with van der Waals surface area (Å²) < 4.78 is 38.7. The third kappa shape index (κ3) is 4.72. The Morgan fingerprint density at radius 2 is 1.73 bits per heavy atom. The van der Waals surface area contributed by atoms with Crippen LogP contribution in [0.2, 0.25) is 5.02 Å². The van der Waals surface area contributed by atoms with Gasteiger partial charge in [0.1, 0.15) is 5.82 Å². The van der Waals surface area contributed by atoms with Gasteiger partial charge in [-0.2, -0.15) is 4.31 Å². The highest BCUT2D eigenvalue weighted by Crippen LogP contribution is 2.27. The van der Waals surface area contributed by atoms with Crippen molar-refractivity contribution < 1.29 is 17.6 Å². The first-order valence-electron chi connectivity index (χ1n) is 7.60. The van der Waals surface area contributed by atoms with E-state index in [1.807, 2.05) is 19.0 Å². The Morgan fingerprint density at radius 1 is 1.12 bits per heavy atom. The molecule has 2 aromatic carbocycles. The van der Waals surface area contributed by atoms with Gasteiger partial charge in [-0.05, 0) is 42.5 Å². The van der Waals surface area contributed by atoms with E-state index in [2.05, 4.69) is 5.32 Å². The predicted molar refractivity (Wildman–Crippen MR) is 101 cm³/mol. The maximum atomic E-state index is 13.0. The van der Waals surface area contributed by atoms with Crippen molar-refractivity contribution in [1.82, 2.24) is 4.31 Å². The van der Waals surface area contributed by atoms with Crippen molar-refractivity contribution in [3.63, 3.8) is 0 Å². The Morgan fingerprint density at radius 3 is 2.27 bits per heavy atom. The average Bonchev–Trinajstić information content (AvgIpc) is 2.54. The van der Waals surface area contributed by atoms with Gasteiger partial charge in [0.05, 0.1) is 22.2 Å². The quantitative estimate of drug-likeness (QED) is 0.810. The summed E-state index contributed by atoms with van der Waals surface area (Å²) in [7, 11) is 1.07. The highest BCUT2D eigenvalue weighted by atomic mass is 35.5. The molecule has 6 nitrogen and oxygen atoms in total. The fraction of sp³-hybridized carbons (Fsp3) is 0.235. The minimum Gasteiger partial charge on any atom is -0.376 e. The number of hydrogen-bond donors (Lipinski definition) is 1. The van der Waals surface area contributed by atoms with E-state index < -0.39 is 28.3 Å². The minimum atomic E-state index is -3.90. The molecule has 0 radical (unpaired) electrons. The van der Waals surface area contributed by atoms with E-state index in [-0.39, 0.29) is 4.90 Å². The van der Waals surface area contributed by atoms with Gasteiger partial charge in [0.2, 0.25) is 15.9 Å². The molecule has 1 N–H and O–H groups in total. The van der Waals surface area contributed by atoms with E-state index in [1.54, 1.807) is 18.2 Å². The number of hydrogen-bond acceptors (Lipinski definition) is 4. The first-order valence-corrected chi connectivity index (χ1v) is 9.41. The van der Waals surface area contributed by atoms with Crippen LogP contribution < -0.4 is 10.2 Å². The summed E-state index contributed by atoms with van der Waals surface area (Å²) in [6.45, 7) is -0.396. The van der Waals surface area contributed by atoms with E-state index >= 15 is 0 Å². The van der Waals surface area contributed by atoms with Crippen molar-refractivity contribution in [2.24, 2.45) is 0 Å². The number of carbonyl (C=O) groups is 1. The van der Waals surface area contributed by atoms with Crippen LogP contribution in [0.3, 0.4) is 0 Å². The second-order valence-corrected chi connectivity index (χ2v) is 8.28. The van der Waals surface area contributed by atoms with Crippen molar-refractivity contribution in [2.45, 2.75) is 4.90 Å². The second kappa shape index (κ2) is 8.03. The number of nitrogens with one attached hydrogen (secondary N) is 1. The number of benzene rings is 2. The molecule has 26 heavy (non-hydrogen) atoms. The van der Waals surface area contributed by atoms with Crippen LogP contribution in [0.1, 0.15) is 0 Å². The topological polar surface area (TPSA) is 69.7 Å². The molecule has 0 unspecified atom stereocenters. The molecule has 0 aromatic heterocycles. The number of rotatable bonds is 6. The molecule has 9 heteroatoms. The molecule has 0 saturated carbocycles. The van der Waals surface area contributed by atoms with Gasteiger partial charge in [0.25, 0.3) is 0 Å². The zero-order chi connectivity index (χ0) is 19.5. The second-order valence-electron chi connectivity index (χ2n) is 5.82. The Kier molecular flexibility index (Phi) is 6.22. The molecule has 0 saturated heterocycles. The van der Waals surface area contributed by atoms with Crippen molar-refractivity contribution in [1.29, 1.82) is 0 Å². The number of carbonyl (C=O) groups excluding carboxylic acids is 1. The molecule has 0 aliphatic carbocycles. The molecule has 0 aliphatic rings. The molecule has 0 atom stereocenters. The van der Waals surface area contributed by atoms with Crippen LogP contribution in [0.25, 0.3) is 0 Å². The van der Waals surface area contributed by atoms with Crippen LogP contribution in [0.4, 0.5) is 15.8 Å². The summed E-state index contributed by atoms with van der Waals surface area (Å²) in [5.41, 5.74) is 1.25. The van der Waals surface area contributed by atoms with Gasteiger partial charge in [-0.1, -0.05) is 11.6 Å². The van der Waals surface area contributed by atoms with E-state index in [1.165, 1.54) is 7.05 Å². The Labute approximate surface area is 157 Å². The summed E-state index contributed by atoms with van der Waals surface area (Å²) in [5.74, 6) is -1.06. The maximum Gasteiger partial charge on any atom is 0.243 e. The lowest BCUT2D eigenvalue weighted by atomic mass is 10.2. The Hall–Kier alpha value is -2.16. The van der Waals surface area contributed by atoms with Gasteiger partial charge in [0, 0.05) is 26.8 Å². The fourth-order valence-electron chi connectivity index (χ4n) is 2.22. The lowest BCUT2D eigenvalue weighted by molar-refractivity contribution is -0.116. The lowest BCUT2D eigenvalue weighted by Crippen LogP contribution is -2.35. The van der Waals surface area contributed by atoms with Crippen LogP contribution >= 0.6 is 11.6 Å². The molecule has 0 aliphatic heterocycles. The maximum absolute atomic E-state index is 13.0. The summed E-state index contributed by atoms with van der Waals surface area (Å²) in [6.07, 6.45) is 0. The van der Waals surface area contributed by atoms with E-state index in [9.17, 15) is 17.6 Å². The largest absolute Gasteiger partial charge is 0.376 e. The standard InChI is InChI=1S/C17H19ClFN3O3S/c1-21(2)16-9-6-13(10-15(16)18)20-17(23)11-22(3)26(24,25)14-7-4-12(19)5-8-14/h4-10H,11H2,1-3H3,(H,20,23). The Balaban J connectivity index is 2.07. The van der Waals surface area contributed by atoms with Gasteiger partial charge in [-0.3, -0.25) is 4.79 Å². The first-order chi connectivity index (χ1) is 12.1. The number of amides is 1. The van der Waals surface area contributed by atoms with Crippen LogP contribution in [-0.2, 0) is 14.8 Å². The number of sulfonamides is 1. The molecular formula is C17H19ClFN3O3S. The molecule has 1 amide bonds. The van der Waals surface area contributed by atoms with E-state index in [0.717, 1.165) is 34.3 Å². The normalized spacial score (nSPS) is 11.5. The number of nitrogens with zero attached hydrogens (tertiary/aromatic N) is 2. The van der Waals surface area contributed by atoms with Gasteiger partial charge in [0.15, 0.2) is 0 Å². The summed E-state index contributed by atoms with van der Waals surface area (Å²) in [4.78, 5) is 13.9. The highest BCUT2D eigenvalue weighted by molar-refractivity contribution is 7.89. The average molecular weight is 400 g/mol. The van der Waals surface area contributed by atoms with Gasteiger partial charge >= 0.3 is 0 Å². The number of anilines is 2. The molecular weight excluding hydrogens is 381 g/mol. The van der Waals surface area contributed by atoms with Gasteiger partial charge < -0.3 is 10.2 Å². The predicted octanol–water partition coefficient (Wildman–Crippen LogP) is 2.80. The fourth-order valence-corrected chi connectivity index (χ4v) is 3.70. The zero-order valence-electron chi connectivity index (χ0n) is 14.5. The molecule has 2 aromatic rings. The Bertz CT molecular complexity index is 902. The van der Waals surface area contributed by atoms with Crippen molar-refractivity contribution in [3.8, 4) is 0 Å². The molecule has 0 fully saturated rings. The van der Waals surface area contributed by atoms with Crippen molar-refractivity contribution >= 4 is 38.9 Å². The van der Waals surface area contributed by atoms with Crippen LogP contribution in [-0.4, -0.2) is 46.3 Å². The lowest BCUT2D eigenvalue weighted by Gasteiger charge is -2.18. The minimum absolute atomic E-state index is 0.0902. The van der Waals surface area contributed by atoms with Crippen molar-refractivity contribution in [2.75, 3.05) is 37.9 Å². The zero-order valence-corrected chi connectivity index (χ0v) is 16.1. The van der Waals surface area contributed by atoms with Gasteiger partial charge in [-0.25, -0.2) is 12.8 Å².